The van der Waals surface area contributed by atoms with Crippen LogP contribution in [0.15, 0.2) is 132 Å². The van der Waals surface area contributed by atoms with Crippen LogP contribution < -0.4 is 4.57 Å². The van der Waals surface area contributed by atoms with Gasteiger partial charge in [-0.25, -0.2) is 13.9 Å². The van der Waals surface area contributed by atoms with E-state index in [1.54, 1.807) is 38.1 Å². The van der Waals surface area contributed by atoms with Crippen LogP contribution in [0.1, 0.15) is 47.3 Å². The molecular formula is C35H30BrN2O5+. The molecular weight excluding hydrogens is 608 g/mol. The summed E-state index contributed by atoms with van der Waals surface area (Å²) in [5.41, 5.74) is 3.77. The molecule has 216 valence electrons. The molecule has 0 radical (unpaired) electrons. The van der Waals surface area contributed by atoms with Gasteiger partial charge in [0.05, 0.1) is 5.92 Å². The summed E-state index contributed by atoms with van der Waals surface area (Å²) in [4.78, 5) is 28.3. The minimum atomic E-state index is -1.37. The van der Waals surface area contributed by atoms with Crippen molar-refractivity contribution in [1.82, 2.24) is 4.57 Å². The van der Waals surface area contributed by atoms with Gasteiger partial charge in [0.25, 0.3) is 11.7 Å². The standard InChI is InChI=1S/C35H29BrN2O5/c1-35(2)42-33(40)30(34(41)43-35)29(24-17-19-26(36)20-18-24)31(32(39)25-13-7-4-8-14-25)38-22-37(21-23-11-5-3-6-12-23)27-15-9-10-16-28(27)38/h3-20,22,29,31H,21H2,1-2H3/p+1. The Hall–Kier alpha value is -4.69. The number of aliphatic hydroxyl groups excluding tert-OH is 1. The van der Waals surface area contributed by atoms with Crippen molar-refractivity contribution in [2.24, 2.45) is 0 Å². The third-order valence-electron chi connectivity index (χ3n) is 7.54. The predicted molar refractivity (Wildman–Crippen MR) is 165 cm³/mol. The number of halogens is 1. The largest absolute Gasteiger partial charge is 0.480 e. The Balaban J connectivity index is 1.62. The van der Waals surface area contributed by atoms with Gasteiger partial charge in [-0.3, -0.25) is 4.79 Å². The highest BCUT2D eigenvalue weighted by molar-refractivity contribution is 9.10. The molecule has 2 heterocycles. The van der Waals surface area contributed by atoms with E-state index in [0.717, 1.165) is 21.1 Å². The number of carbonyl (C=O) groups is 2. The zero-order valence-electron chi connectivity index (χ0n) is 23.7. The number of para-hydroxylation sites is 2. The van der Waals surface area contributed by atoms with Crippen molar-refractivity contribution in [2.45, 2.75) is 38.1 Å². The number of ketones is 1. The van der Waals surface area contributed by atoms with Crippen LogP contribution in [0.2, 0.25) is 0 Å². The smallest absolute Gasteiger partial charge is 0.345 e. The monoisotopic (exact) mass is 637 g/mol. The maximum absolute atomic E-state index is 14.7. The molecule has 2 atom stereocenters. The van der Waals surface area contributed by atoms with Gasteiger partial charge in [-0.1, -0.05) is 101 Å². The van der Waals surface area contributed by atoms with E-state index in [2.05, 4.69) is 32.6 Å². The SMILES string of the molecule is CC1(C)OC(=O)C(C(c2ccc(Br)cc2)C(C(=O)c2ccccc2)n2c[n+](Cc3ccccc3)c3ccccc32)=C(O)O1. The molecule has 1 N–H and O–H groups in total. The Morgan fingerprint density at radius 3 is 2.19 bits per heavy atom. The molecule has 7 nitrogen and oxygen atoms in total. The van der Waals surface area contributed by atoms with Crippen LogP contribution in [0.3, 0.4) is 0 Å². The number of benzene rings is 4. The number of hydrogen-bond donors (Lipinski definition) is 1. The molecule has 0 saturated heterocycles. The second-order valence-corrected chi connectivity index (χ2v) is 11.9. The van der Waals surface area contributed by atoms with E-state index in [-0.39, 0.29) is 11.4 Å². The number of imidazole rings is 1. The molecule has 43 heavy (non-hydrogen) atoms. The summed E-state index contributed by atoms with van der Waals surface area (Å²) in [5.74, 6) is -3.88. The number of Topliss-reactive ketones (excluding diaryl/α,β-unsaturated/α-hetero) is 1. The number of hydrogen-bond acceptors (Lipinski definition) is 5. The highest BCUT2D eigenvalue weighted by atomic mass is 79.9. The first-order valence-electron chi connectivity index (χ1n) is 13.9. The molecule has 0 saturated carbocycles. The second-order valence-electron chi connectivity index (χ2n) is 10.9. The molecule has 6 rings (SSSR count). The van der Waals surface area contributed by atoms with Crippen LogP contribution in [-0.4, -0.2) is 27.2 Å². The molecule has 2 unspecified atom stereocenters. The van der Waals surface area contributed by atoms with Crippen LogP contribution in [-0.2, 0) is 20.8 Å². The fourth-order valence-electron chi connectivity index (χ4n) is 5.65. The van der Waals surface area contributed by atoms with Gasteiger partial charge in [0, 0.05) is 23.9 Å². The molecule has 1 aromatic heterocycles. The lowest BCUT2D eigenvalue weighted by atomic mass is 9.80. The number of fused-ring (bicyclic) bond motifs is 1. The van der Waals surface area contributed by atoms with Crippen molar-refractivity contribution >= 4 is 38.7 Å². The number of ether oxygens (including phenoxy) is 2. The fraction of sp³-hybridized carbons (Fsp3) is 0.171. The van der Waals surface area contributed by atoms with Crippen molar-refractivity contribution in [2.75, 3.05) is 0 Å². The Morgan fingerprint density at radius 2 is 1.51 bits per heavy atom. The number of nitrogens with zero attached hydrogens (tertiary/aromatic N) is 2. The quantitative estimate of drug-likeness (QED) is 0.112. The number of esters is 1. The molecule has 8 heteroatoms. The molecule has 0 aliphatic carbocycles. The first-order chi connectivity index (χ1) is 20.7. The molecule has 0 spiro atoms. The zero-order chi connectivity index (χ0) is 30.1. The Bertz CT molecular complexity index is 1830. The average molecular weight is 639 g/mol. The molecule has 1 aliphatic rings. The topological polar surface area (TPSA) is 81.6 Å². The third-order valence-corrected chi connectivity index (χ3v) is 8.07. The van der Waals surface area contributed by atoms with E-state index in [1.807, 2.05) is 83.7 Å². The van der Waals surface area contributed by atoms with Crippen LogP contribution in [0.5, 0.6) is 0 Å². The summed E-state index contributed by atoms with van der Waals surface area (Å²) in [6, 6.07) is 33.2. The Morgan fingerprint density at radius 1 is 0.884 bits per heavy atom. The molecule has 4 aromatic carbocycles. The van der Waals surface area contributed by atoms with Gasteiger partial charge in [-0.2, -0.15) is 0 Å². The van der Waals surface area contributed by atoms with Gasteiger partial charge < -0.3 is 14.6 Å². The summed E-state index contributed by atoms with van der Waals surface area (Å²) >= 11 is 3.49. The maximum Gasteiger partial charge on any atom is 0.345 e. The highest BCUT2D eigenvalue weighted by Gasteiger charge is 2.48. The molecule has 0 amide bonds. The van der Waals surface area contributed by atoms with Gasteiger partial charge in [0.1, 0.15) is 12.1 Å². The number of aromatic nitrogens is 2. The van der Waals surface area contributed by atoms with E-state index in [1.165, 1.54) is 0 Å². The first kappa shape index (κ1) is 28.4. The highest BCUT2D eigenvalue weighted by Crippen LogP contribution is 2.43. The molecule has 1 aliphatic heterocycles. The summed E-state index contributed by atoms with van der Waals surface area (Å²) in [6.45, 7) is 3.66. The van der Waals surface area contributed by atoms with Crippen molar-refractivity contribution in [3.05, 3.63) is 148 Å². The van der Waals surface area contributed by atoms with Crippen molar-refractivity contribution in [3.63, 3.8) is 0 Å². The van der Waals surface area contributed by atoms with E-state index in [4.69, 9.17) is 9.47 Å². The number of aliphatic hydroxyl groups is 1. The minimum Gasteiger partial charge on any atom is -0.480 e. The lowest BCUT2D eigenvalue weighted by Gasteiger charge is -2.34. The van der Waals surface area contributed by atoms with Gasteiger partial charge in [-0.15, -0.1) is 0 Å². The van der Waals surface area contributed by atoms with Crippen LogP contribution >= 0.6 is 15.9 Å². The molecule has 0 bridgehead atoms. The zero-order valence-corrected chi connectivity index (χ0v) is 25.3. The second kappa shape index (κ2) is 11.5. The number of carbonyl (C=O) groups excluding carboxylic acids is 2. The van der Waals surface area contributed by atoms with Gasteiger partial charge in [0.2, 0.25) is 12.1 Å². The van der Waals surface area contributed by atoms with Crippen molar-refractivity contribution in [1.29, 1.82) is 0 Å². The van der Waals surface area contributed by atoms with Crippen LogP contribution in [0.25, 0.3) is 11.0 Å². The van der Waals surface area contributed by atoms with E-state index in [0.29, 0.717) is 17.7 Å². The van der Waals surface area contributed by atoms with Gasteiger partial charge in [0.15, 0.2) is 17.1 Å². The van der Waals surface area contributed by atoms with Gasteiger partial charge >= 0.3 is 5.97 Å². The first-order valence-corrected chi connectivity index (χ1v) is 14.7. The van der Waals surface area contributed by atoms with Crippen LogP contribution in [0.4, 0.5) is 0 Å². The number of cyclic esters (lactones) is 1. The Kier molecular flexibility index (Phi) is 7.62. The number of rotatable bonds is 8. The fourth-order valence-corrected chi connectivity index (χ4v) is 5.91. The summed E-state index contributed by atoms with van der Waals surface area (Å²) in [6.07, 6.45) is 1.91. The Labute approximate surface area is 257 Å². The summed E-state index contributed by atoms with van der Waals surface area (Å²) in [7, 11) is 0. The normalized spacial score (nSPS) is 15.9. The average Bonchev–Trinajstić information content (AvgIpc) is 3.34. The lowest BCUT2D eigenvalue weighted by Crippen LogP contribution is -2.41. The summed E-state index contributed by atoms with van der Waals surface area (Å²) < 4.78 is 16.1. The minimum absolute atomic E-state index is 0.122. The summed E-state index contributed by atoms with van der Waals surface area (Å²) in [5, 5.41) is 11.2. The maximum atomic E-state index is 14.7. The molecule has 5 aromatic rings. The van der Waals surface area contributed by atoms with Crippen molar-refractivity contribution < 1.29 is 28.7 Å². The lowest BCUT2D eigenvalue weighted by molar-refractivity contribution is -0.663. The van der Waals surface area contributed by atoms with Gasteiger partial charge in [-0.05, 0) is 35.4 Å². The van der Waals surface area contributed by atoms with E-state index >= 15 is 0 Å². The van der Waals surface area contributed by atoms with E-state index in [9.17, 15) is 14.7 Å². The predicted octanol–water partition coefficient (Wildman–Crippen LogP) is 7.03. The van der Waals surface area contributed by atoms with Crippen molar-refractivity contribution in [3.8, 4) is 0 Å². The van der Waals surface area contributed by atoms with E-state index < -0.39 is 29.7 Å². The van der Waals surface area contributed by atoms with Crippen LogP contribution in [0, 0.1) is 0 Å². The third kappa shape index (κ3) is 5.70. The molecule has 0 fully saturated rings.